The van der Waals surface area contributed by atoms with E-state index < -0.39 is 0 Å². The molecule has 0 amide bonds. The highest BCUT2D eigenvalue weighted by atomic mass is 15.3. The summed E-state index contributed by atoms with van der Waals surface area (Å²) in [5, 5.41) is 13.8. The zero-order valence-corrected chi connectivity index (χ0v) is 7.02. The van der Waals surface area contributed by atoms with E-state index in [1.165, 1.54) is 0 Å². The van der Waals surface area contributed by atoms with Gasteiger partial charge in [-0.15, -0.1) is 0 Å². The standard InChI is InChI=1S/C7H14N4/c1-3-6-7(4-5-8-2)10-11-9-6/h8H,3-5H2,1-2H3,(H,9,10,11). The van der Waals surface area contributed by atoms with E-state index in [4.69, 9.17) is 0 Å². The first-order chi connectivity index (χ1) is 5.38. The van der Waals surface area contributed by atoms with Crippen molar-refractivity contribution >= 4 is 0 Å². The number of nitrogens with one attached hydrogen (secondary N) is 2. The summed E-state index contributed by atoms with van der Waals surface area (Å²) in [4.78, 5) is 0. The average molecular weight is 154 g/mol. The third-order valence-electron chi connectivity index (χ3n) is 1.65. The first-order valence-corrected chi connectivity index (χ1v) is 3.91. The molecule has 0 unspecified atom stereocenters. The molecular weight excluding hydrogens is 140 g/mol. The Bertz CT molecular complexity index is 206. The van der Waals surface area contributed by atoms with E-state index >= 15 is 0 Å². The molecule has 4 heteroatoms. The predicted molar refractivity (Wildman–Crippen MR) is 43.4 cm³/mol. The molecule has 0 bridgehead atoms. The number of aromatic nitrogens is 3. The summed E-state index contributed by atoms with van der Waals surface area (Å²) in [5.41, 5.74) is 2.17. The van der Waals surface area contributed by atoms with Gasteiger partial charge in [0.25, 0.3) is 0 Å². The van der Waals surface area contributed by atoms with Gasteiger partial charge < -0.3 is 5.32 Å². The zero-order valence-electron chi connectivity index (χ0n) is 7.02. The lowest BCUT2D eigenvalue weighted by Gasteiger charge is -1.96. The molecule has 1 heterocycles. The first-order valence-electron chi connectivity index (χ1n) is 3.91. The molecule has 0 spiro atoms. The van der Waals surface area contributed by atoms with E-state index in [-0.39, 0.29) is 0 Å². The van der Waals surface area contributed by atoms with Crippen LogP contribution in [0.25, 0.3) is 0 Å². The molecule has 0 aliphatic heterocycles. The van der Waals surface area contributed by atoms with Gasteiger partial charge in [-0.05, 0) is 13.5 Å². The fourth-order valence-corrected chi connectivity index (χ4v) is 1.00. The third-order valence-corrected chi connectivity index (χ3v) is 1.65. The van der Waals surface area contributed by atoms with Crippen LogP contribution in [0.2, 0.25) is 0 Å². The van der Waals surface area contributed by atoms with Crippen molar-refractivity contribution < 1.29 is 0 Å². The van der Waals surface area contributed by atoms with E-state index in [2.05, 4.69) is 27.7 Å². The number of likely N-dealkylation sites (N-methyl/N-ethyl adjacent to an activating group) is 1. The van der Waals surface area contributed by atoms with Crippen molar-refractivity contribution in [3.05, 3.63) is 11.4 Å². The highest BCUT2D eigenvalue weighted by molar-refractivity contribution is 5.08. The summed E-state index contributed by atoms with van der Waals surface area (Å²) in [6, 6.07) is 0. The van der Waals surface area contributed by atoms with Crippen LogP contribution in [-0.4, -0.2) is 29.0 Å². The minimum absolute atomic E-state index is 0.954. The molecule has 62 valence electrons. The Morgan fingerprint density at radius 2 is 2.09 bits per heavy atom. The lowest BCUT2D eigenvalue weighted by molar-refractivity contribution is 0.766. The molecule has 0 fully saturated rings. The van der Waals surface area contributed by atoms with Gasteiger partial charge in [-0.3, -0.25) is 0 Å². The Morgan fingerprint density at radius 3 is 2.73 bits per heavy atom. The molecule has 1 rings (SSSR count). The van der Waals surface area contributed by atoms with Crippen molar-refractivity contribution in [1.29, 1.82) is 0 Å². The molecule has 0 aliphatic rings. The molecular formula is C7H14N4. The quantitative estimate of drug-likeness (QED) is 0.648. The molecule has 0 saturated heterocycles. The smallest absolute Gasteiger partial charge is 0.0869 e. The minimum Gasteiger partial charge on any atom is -0.319 e. The van der Waals surface area contributed by atoms with Crippen LogP contribution >= 0.6 is 0 Å². The van der Waals surface area contributed by atoms with Crippen molar-refractivity contribution in [3.8, 4) is 0 Å². The number of aromatic amines is 1. The molecule has 4 nitrogen and oxygen atoms in total. The predicted octanol–water partition coefficient (Wildman–Crippen LogP) is 0.129. The second kappa shape index (κ2) is 4.08. The van der Waals surface area contributed by atoms with E-state index in [1.54, 1.807) is 0 Å². The second-order valence-electron chi connectivity index (χ2n) is 2.42. The summed E-state index contributed by atoms with van der Waals surface area (Å²) in [5.74, 6) is 0. The van der Waals surface area contributed by atoms with Crippen molar-refractivity contribution in [2.75, 3.05) is 13.6 Å². The Kier molecular flexibility index (Phi) is 3.04. The molecule has 1 aromatic rings. The second-order valence-corrected chi connectivity index (χ2v) is 2.42. The van der Waals surface area contributed by atoms with Crippen molar-refractivity contribution in [2.45, 2.75) is 19.8 Å². The van der Waals surface area contributed by atoms with Crippen LogP contribution in [0.4, 0.5) is 0 Å². The number of rotatable bonds is 4. The maximum atomic E-state index is 4.05. The largest absolute Gasteiger partial charge is 0.319 e. The van der Waals surface area contributed by atoms with E-state index in [1.807, 2.05) is 7.05 Å². The van der Waals surface area contributed by atoms with E-state index in [0.717, 1.165) is 30.8 Å². The van der Waals surface area contributed by atoms with Gasteiger partial charge in [0.1, 0.15) is 0 Å². The summed E-state index contributed by atoms with van der Waals surface area (Å²) in [7, 11) is 1.94. The van der Waals surface area contributed by atoms with Gasteiger partial charge in [0.15, 0.2) is 0 Å². The maximum absolute atomic E-state index is 4.05. The number of hydrogen-bond donors (Lipinski definition) is 2. The van der Waals surface area contributed by atoms with Crippen LogP contribution in [-0.2, 0) is 12.8 Å². The van der Waals surface area contributed by atoms with Crippen LogP contribution < -0.4 is 5.32 Å². The Hall–Kier alpha value is -0.900. The topological polar surface area (TPSA) is 53.6 Å². The van der Waals surface area contributed by atoms with Gasteiger partial charge in [0.2, 0.25) is 0 Å². The van der Waals surface area contributed by atoms with Crippen LogP contribution in [0.3, 0.4) is 0 Å². The van der Waals surface area contributed by atoms with Gasteiger partial charge in [-0.25, -0.2) is 0 Å². The molecule has 0 aromatic carbocycles. The Morgan fingerprint density at radius 1 is 1.36 bits per heavy atom. The average Bonchev–Trinajstić information content (AvgIpc) is 2.47. The first kappa shape index (κ1) is 8.20. The highest BCUT2D eigenvalue weighted by Crippen LogP contribution is 2.01. The van der Waals surface area contributed by atoms with Crippen molar-refractivity contribution in [3.63, 3.8) is 0 Å². The van der Waals surface area contributed by atoms with Crippen LogP contribution in [0.1, 0.15) is 18.3 Å². The van der Waals surface area contributed by atoms with Crippen LogP contribution in [0.5, 0.6) is 0 Å². The van der Waals surface area contributed by atoms with Gasteiger partial charge in [0, 0.05) is 13.0 Å². The summed E-state index contributed by atoms with van der Waals surface area (Å²) in [6.45, 7) is 3.04. The third kappa shape index (κ3) is 2.01. The number of hydrogen-bond acceptors (Lipinski definition) is 3. The Labute approximate surface area is 66.4 Å². The van der Waals surface area contributed by atoms with Crippen LogP contribution in [0, 0.1) is 0 Å². The Balaban J connectivity index is 2.54. The summed E-state index contributed by atoms with van der Waals surface area (Å²) >= 11 is 0. The van der Waals surface area contributed by atoms with Gasteiger partial charge in [-0.2, -0.15) is 15.4 Å². The lowest BCUT2D eigenvalue weighted by Crippen LogP contribution is -2.11. The van der Waals surface area contributed by atoms with Gasteiger partial charge >= 0.3 is 0 Å². The molecule has 2 N–H and O–H groups in total. The zero-order chi connectivity index (χ0) is 8.10. The fraction of sp³-hybridized carbons (Fsp3) is 0.714. The fourth-order valence-electron chi connectivity index (χ4n) is 1.00. The number of aryl methyl sites for hydroxylation is 1. The minimum atomic E-state index is 0.954. The highest BCUT2D eigenvalue weighted by Gasteiger charge is 2.03. The molecule has 0 radical (unpaired) electrons. The molecule has 11 heavy (non-hydrogen) atoms. The number of nitrogens with zero attached hydrogens (tertiary/aromatic N) is 2. The lowest BCUT2D eigenvalue weighted by atomic mass is 10.2. The molecule has 1 aromatic heterocycles. The van der Waals surface area contributed by atoms with Gasteiger partial charge in [0.05, 0.1) is 11.4 Å². The van der Waals surface area contributed by atoms with Crippen molar-refractivity contribution in [1.82, 2.24) is 20.7 Å². The summed E-state index contributed by atoms with van der Waals surface area (Å²) in [6.07, 6.45) is 1.91. The van der Waals surface area contributed by atoms with Crippen molar-refractivity contribution in [2.24, 2.45) is 0 Å². The normalized spacial score (nSPS) is 10.4. The van der Waals surface area contributed by atoms with Crippen LogP contribution in [0.15, 0.2) is 0 Å². The monoisotopic (exact) mass is 154 g/mol. The van der Waals surface area contributed by atoms with E-state index in [9.17, 15) is 0 Å². The SMILES string of the molecule is CCc1n[nH]nc1CCNC. The summed E-state index contributed by atoms with van der Waals surface area (Å²) < 4.78 is 0. The van der Waals surface area contributed by atoms with E-state index in [0.29, 0.717) is 0 Å². The molecule has 0 aliphatic carbocycles. The molecule has 0 saturated carbocycles. The molecule has 0 atom stereocenters. The number of H-pyrrole nitrogens is 1. The van der Waals surface area contributed by atoms with Gasteiger partial charge in [-0.1, -0.05) is 6.92 Å². The maximum Gasteiger partial charge on any atom is 0.0869 e.